The Morgan fingerprint density at radius 2 is 2.17 bits per heavy atom. The van der Waals surface area contributed by atoms with E-state index in [2.05, 4.69) is 31.5 Å². The van der Waals surface area contributed by atoms with E-state index in [4.69, 9.17) is 5.26 Å². The summed E-state index contributed by atoms with van der Waals surface area (Å²) < 4.78 is 0.226. The lowest BCUT2D eigenvalue weighted by atomic mass is 10.2. The molecule has 0 bridgehead atoms. The summed E-state index contributed by atoms with van der Waals surface area (Å²) in [5.41, 5.74) is 0. The van der Waals surface area contributed by atoms with E-state index in [-0.39, 0.29) is 10.8 Å². The van der Waals surface area contributed by atoms with Crippen LogP contribution in [0.15, 0.2) is 0 Å². The maximum atomic E-state index is 8.68. The van der Waals surface area contributed by atoms with E-state index in [0.29, 0.717) is 0 Å². The Morgan fingerprint density at radius 3 is 2.50 bits per heavy atom. The number of nitrogens with zero attached hydrogens (tertiary/aromatic N) is 1. The van der Waals surface area contributed by atoms with E-state index in [9.17, 15) is 0 Å². The van der Waals surface area contributed by atoms with Crippen molar-refractivity contribution in [1.82, 2.24) is 5.32 Å². The van der Waals surface area contributed by atoms with Crippen molar-refractivity contribution >= 4 is 11.8 Å². The Kier molecular flexibility index (Phi) is 5.36. The summed E-state index contributed by atoms with van der Waals surface area (Å²) in [6.07, 6.45) is 2.97. The van der Waals surface area contributed by atoms with Crippen LogP contribution in [0.4, 0.5) is 0 Å². The lowest BCUT2D eigenvalue weighted by Crippen LogP contribution is -2.37. The first-order valence-corrected chi connectivity index (χ1v) is 5.46. The second-order valence-corrected chi connectivity index (χ2v) is 4.95. The highest BCUT2D eigenvalue weighted by molar-refractivity contribution is 7.99. The van der Waals surface area contributed by atoms with Gasteiger partial charge in [-0.3, -0.25) is 0 Å². The molecule has 3 heteroatoms. The summed E-state index contributed by atoms with van der Waals surface area (Å²) in [6.45, 7) is 7.26. The van der Waals surface area contributed by atoms with Gasteiger partial charge in [-0.2, -0.15) is 17.0 Å². The Labute approximate surface area is 79.7 Å². The maximum absolute atomic E-state index is 8.68. The van der Waals surface area contributed by atoms with Crippen LogP contribution in [0.2, 0.25) is 0 Å². The fourth-order valence-corrected chi connectivity index (χ4v) is 0.950. The predicted molar refractivity (Wildman–Crippen MR) is 55.3 cm³/mol. The lowest BCUT2D eigenvalue weighted by Gasteiger charge is -2.23. The van der Waals surface area contributed by atoms with Gasteiger partial charge in [-0.25, -0.2) is 0 Å². The van der Waals surface area contributed by atoms with Crippen molar-refractivity contribution < 1.29 is 0 Å². The average molecular weight is 186 g/mol. The van der Waals surface area contributed by atoms with Crippen LogP contribution in [0, 0.1) is 11.3 Å². The summed E-state index contributed by atoms with van der Waals surface area (Å²) in [7, 11) is 0. The van der Waals surface area contributed by atoms with Gasteiger partial charge in [0.1, 0.15) is 0 Å². The molecule has 0 fully saturated rings. The zero-order chi connectivity index (χ0) is 9.61. The normalized spacial score (nSPS) is 13.9. The molecule has 0 aromatic rings. The van der Waals surface area contributed by atoms with Gasteiger partial charge in [0.2, 0.25) is 0 Å². The highest BCUT2D eigenvalue weighted by atomic mass is 32.2. The monoisotopic (exact) mass is 186 g/mol. The molecule has 0 amide bonds. The standard InChI is InChI=1S/C9H18N2S/c1-5-8(6-10)11-7-9(2,3)12-4/h8,11H,5,7H2,1-4H3. The van der Waals surface area contributed by atoms with E-state index in [0.717, 1.165) is 13.0 Å². The molecule has 0 aromatic carbocycles. The molecule has 70 valence electrons. The van der Waals surface area contributed by atoms with Crippen molar-refractivity contribution in [2.75, 3.05) is 12.8 Å². The molecule has 0 saturated heterocycles. The van der Waals surface area contributed by atoms with Gasteiger partial charge in [-0.1, -0.05) is 6.92 Å². The summed E-state index contributed by atoms with van der Waals surface area (Å²) >= 11 is 1.82. The molecule has 1 unspecified atom stereocenters. The molecule has 0 spiro atoms. The van der Waals surface area contributed by atoms with Crippen molar-refractivity contribution in [1.29, 1.82) is 5.26 Å². The van der Waals surface area contributed by atoms with Crippen LogP contribution < -0.4 is 5.32 Å². The predicted octanol–water partition coefficient (Wildman–Crippen LogP) is 2.02. The fourth-order valence-electron chi connectivity index (χ4n) is 0.722. The molecule has 0 rings (SSSR count). The minimum absolute atomic E-state index is 0.0106. The molecule has 0 aromatic heterocycles. The number of rotatable bonds is 5. The SMILES string of the molecule is CCC(C#N)NCC(C)(C)SC. The van der Waals surface area contributed by atoms with E-state index in [1.807, 2.05) is 18.7 Å². The Hall–Kier alpha value is -0.200. The quantitative estimate of drug-likeness (QED) is 0.713. The van der Waals surface area contributed by atoms with Crippen LogP contribution in [-0.2, 0) is 0 Å². The third kappa shape index (κ3) is 4.63. The molecule has 0 saturated carbocycles. The summed E-state index contributed by atoms with van der Waals surface area (Å²) in [5, 5.41) is 11.9. The number of hydrogen-bond donors (Lipinski definition) is 1. The minimum atomic E-state index is 0.0106. The average Bonchev–Trinajstić information content (AvgIpc) is 2.06. The number of thioether (sulfide) groups is 1. The molecule has 0 aliphatic rings. The molecular formula is C9H18N2S. The molecule has 2 nitrogen and oxygen atoms in total. The first kappa shape index (κ1) is 11.8. The van der Waals surface area contributed by atoms with Crippen LogP contribution in [0.3, 0.4) is 0 Å². The Bertz CT molecular complexity index is 160. The highest BCUT2D eigenvalue weighted by Gasteiger charge is 2.16. The Morgan fingerprint density at radius 1 is 1.58 bits per heavy atom. The van der Waals surface area contributed by atoms with Crippen LogP contribution >= 0.6 is 11.8 Å². The van der Waals surface area contributed by atoms with Crippen molar-refractivity contribution in [3.8, 4) is 6.07 Å². The third-order valence-electron chi connectivity index (χ3n) is 1.89. The van der Waals surface area contributed by atoms with E-state index < -0.39 is 0 Å². The zero-order valence-electron chi connectivity index (χ0n) is 8.35. The zero-order valence-corrected chi connectivity index (χ0v) is 9.16. The van der Waals surface area contributed by atoms with Gasteiger partial charge in [-0.05, 0) is 26.5 Å². The van der Waals surface area contributed by atoms with Gasteiger partial charge < -0.3 is 5.32 Å². The van der Waals surface area contributed by atoms with E-state index in [1.54, 1.807) is 0 Å². The first-order chi connectivity index (χ1) is 5.55. The molecule has 0 heterocycles. The van der Waals surface area contributed by atoms with Crippen LogP contribution in [0.5, 0.6) is 0 Å². The molecule has 0 aliphatic heterocycles. The second-order valence-electron chi connectivity index (χ2n) is 3.43. The molecule has 12 heavy (non-hydrogen) atoms. The Balaban J connectivity index is 3.75. The largest absolute Gasteiger partial charge is 0.301 e. The van der Waals surface area contributed by atoms with Crippen LogP contribution in [0.25, 0.3) is 0 Å². The van der Waals surface area contributed by atoms with Gasteiger partial charge >= 0.3 is 0 Å². The second kappa shape index (κ2) is 5.45. The molecular weight excluding hydrogens is 168 g/mol. The highest BCUT2D eigenvalue weighted by Crippen LogP contribution is 2.19. The third-order valence-corrected chi connectivity index (χ3v) is 3.14. The molecule has 1 N–H and O–H groups in total. The summed E-state index contributed by atoms with van der Waals surface area (Å²) in [4.78, 5) is 0. The minimum Gasteiger partial charge on any atom is -0.301 e. The van der Waals surface area contributed by atoms with Crippen LogP contribution in [-0.4, -0.2) is 23.6 Å². The first-order valence-electron chi connectivity index (χ1n) is 4.24. The van der Waals surface area contributed by atoms with Gasteiger partial charge in [0.25, 0.3) is 0 Å². The van der Waals surface area contributed by atoms with Crippen molar-refractivity contribution in [2.45, 2.75) is 38.0 Å². The number of nitriles is 1. The molecule has 0 radical (unpaired) electrons. The van der Waals surface area contributed by atoms with Crippen molar-refractivity contribution in [2.24, 2.45) is 0 Å². The van der Waals surface area contributed by atoms with Gasteiger partial charge in [-0.15, -0.1) is 0 Å². The van der Waals surface area contributed by atoms with E-state index >= 15 is 0 Å². The lowest BCUT2D eigenvalue weighted by molar-refractivity contribution is 0.534. The summed E-state index contributed by atoms with van der Waals surface area (Å²) in [6, 6.07) is 2.24. The topological polar surface area (TPSA) is 35.8 Å². The van der Waals surface area contributed by atoms with Gasteiger partial charge in [0.05, 0.1) is 12.1 Å². The number of hydrogen-bond acceptors (Lipinski definition) is 3. The fraction of sp³-hybridized carbons (Fsp3) is 0.889. The summed E-state index contributed by atoms with van der Waals surface area (Å²) in [5.74, 6) is 0. The number of nitrogens with one attached hydrogen (secondary N) is 1. The smallest absolute Gasteiger partial charge is 0.0950 e. The van der Waals surface area contributed by atoms with Crippen LogP contribution in [0.1, 0.15) is 27.2 Å². The van der Waals surface area contributed by atoms with Crippen molar-refractivity contribution in [3.63, 3.8) is 0 Å². The van der Waals surface area contributed by atoms with Crippen molar-refractivity contribution in [3.05, 3.63) is 0 Å². The van der Waals surface area contributed by atoms with E-state index in [1.165, 1.54) is 0 Å². The van der Waals surface area contributed by atoms with Gasteiger partial charge in [0, 0.05) is 11.3 Å². The molecule has 1 atom stereocenters. The maximum Gasteiger partial charge on any atom is 0.0950 e. The molecule has 0 aliphatic carbocycles. The van der Waals surface area contributed by atoms with Gasteiger partial charge in [0.15, 0.2) is 0 Å².